The number of unbranched alkanes of at least 4 members (excludes halogenated alkanes) is 1. The van der Waals surface area contributed by atoms with Crippen molar-refractivity contribution < 1.29 is 4.74 Å². The predicted octanol–water partition coefficient (Wildman–Crippen LogP) is 6.68. The maximum Gasteiger partial charge on any atom is 0.159 e. The molecule has 1 aromatic heterocycles. The van der Waals surface area contributed by atoms with Gasteiger partial charge in [0.25, 0.3) is 0 Å². The van der Waals surface area contributed by atoms with Crippen LogP contribution in [0.25, 0.3) is 0 Å². The van der Waals surface area contributed by atoms with E-state index in [1.807, 2.05) is 66.7 Å². The zero-order valence-corrected chi connectivity index (χ0v) is 18.1. The van der Waals surface area contributed by atoms with Crippen LogP contribution in [-0.2, 0) is 6.42 Å². The molecule has 0 fully saturated rings. The summed E-state index contributed by atoms with van der Waals surface area (Å²) < 4.78 is 5.83. The normalized spacial score (nSPS) is 10.5. The van der Waals surface area contributed by atoms with E-state index in [0.717, 1.165) is 29.3 Å². The molecule has 0 aliphatic carbocycles. The molecule has 0 aliphatic rings. The summed E-state index contributed by atoms with van der Waals surface area (Å²) >= 11 is 0. The van der Waals surface area contributed by atoms with Gasteiger partial charge in [0.15, 0.2) is 11.6 Å². The Morgan fingerprint density at radius 3 is 1.91 bits per heavy atom. The Bertz CT molecular complexity index is 1130. The second-order valence-corrected chi connectivity index (χ2v) is 7.47. The Kier molecular flexibility index (Phi) is 6.82. The van der Waals surface area contributed by atoms with Gasteiger partial charge in [0.2, 0.25) is 0 Å². The van der Waals surface area contributed by atoms with Crippen LogP contribution in [0.2, 0.25) is 0 Å². The number of aryl methyl sites for hydroxylation is 1. The van der Waals surface area contributed by atoms with Gasteiger partial charge in [0.05, 0.1) is 0 Å². The molecule has 0 atom stereocenters. The summed E-state index contributed by atoms with van der Waals surface area (Å²) in [4.78, 5) is 8.60. The minimum absolute atomic E-state index is 0.451. The van der Waals surface area contributed by atoms with Crippen LogP contribution in [0, 0.1) is 0 Å². The SMILES string of the molecule is CCCCc1ccc(Nc2ncnc(Nc3ccc(Oc4ccccc4)cc3)c2N)cc1. The molecule has 0 saturated heterocycles. The molecule has 4 N–H and O–H groups in total. The summed E-state index contributed by atoms with van der Waals surface area (Å²) in [7, 11) is 0. The van der Waals surface area contributed by atoms with Gasteiger partial charge in [-0.15, -0.1) is 0 Å². The summed E-state index contributed by atoms with van der Waals surface area (Å²) in [5.41, 5.74) is 9.90. The minimum Gasteiger partial charge on any atom is -0.457 e. The zero-order valence-electron chi connectivity index (χ0n) is 18.1. The average molecular weight is 426 g/mol. The van der Waals surface area contributed by atoms with Crippen LogP contribution in [0.15, 0.2) is 85.2 Å². The third-order valence-electron chi connectivity index (χ3n) is 5.02. The van der Waals surface area contributed by atoms with Crippen LogP contribution >= 0.6 is 0 Å². The van der Waals surface area contributed by atoms with E-state index in [1.54, 1.807) is 0 Å². The fourth-order valence-corrected chi connectivity index (χ4v) is 3.23. The van der Waals surface area contributed by atoms with Gasteiger partial charge < -0.3 is 21.1 Å². The van der Waals surface area contributed by atoms with Gasteiger partial charge in [-0.3, -0.25) is 0 Å². The van der Waals surface area contributed by atoms with E-state index in [4.69, 9.17) is 10.5 Å². The Balaban J connectivity index is 1.42. The Hall–Kier alpha value is -4.06. The smallest absolute Gasteiger partial charge is 0.159 e. The molecule has 6 nitrogen and oxygen atoms in total. The first-order chi connectivity index (χ1) is 15.7. The number of anilines is 5. The standard InChI is InChI=1S/C26H27N5O/c1-2-3-7-19-10-12-20(13-11-19)30-25-24(27)26(29-18-28-25)31-21-14-16-23(17-15-21)32-22-8-5-4-6-9-22/h4-6,8-18H,2-3,7,27H2,1H3,(H2,28,29,30,31). The molecular formula is C26H27N5O. The second-order valence-electron chi connectivity index (χ2n) is 7.47. The summed E-state index contributed by atoms with van der Waals surface area (Å²) in [6.07, 6.45) is 4.97. The first kappa shape index (κ1) is 21.2. The number of ether oxygens (including phenoxy) is 1. The first-order valence-corrected chi connectivity index (χ1v) is 10.8. The lowest BCUT2D eigenvalue weighted by Gasteiger charge is -2.13. The number of nitrogens with zero attached hydrogens (tertiary/aromatic N) is 2. The minimum atomic E-state index is 0.451. The average Bonchev–Trinajstić information content (AvgIpc) is 2.83. The van der Waals surface area contributed by atoms with E-state index in [2.05, 4.69) is 39.7 Å². The van der Waals surface area contributed by atoms with Gasteiger partial charge in [0, 0.05) is 11.4 Å². The number of para-hydroxylation sites is 1. The summed E-state index contributed by atoms with van der Waals surface area (Å²) in [6.45, 7) is 2.20. The number of benzene rings is 3. The molecule has 4 aromatic rings. The van der Waals surface area contributed by atoms with Crippen molar-refractivity contribution in [2.24, 2.45) is 0 Å². The van der Waals surface area contributed by atoms with Crippen molar-refractivity contribution in [3.05, 3.63) is 90.8 Å². The van der Waals surface area contributed by atoms with Gasteiger partial charge in [-0.05, 0) is 66.9 Å². The highest BCUT2D eigenvalue weighted by Gasteiger charge is 2.09. The third-order valence-corrected chi connectivity index (χ3v) is 5.02. The number of nitrogen functional groups attached to an aromatic ring is 1. The maximum absolute atomic E-state index is 6.33. The highest BCUT2D eigenvalue weighted by Crippen LogP contribution is 2.29. The number of hydrogen-bond donors (Lipinski definition) is 3. The molecule has 0 aliphatic heterocycles. The highest BCUT2D eigenvalue weighted by atomic mass is 16.5. The van der Waals surface area contributed by atoms with E-state index in [0.29, 0.717) is 17.3 Å². The quantitative estimate of drug-likeness (QED) is 0.277. The van der Waals surface area contributed by atoms with E-state index < -0.39 is 0 Å². The molecule has 0 unspecified atom stereocenters. The predicted molar refractivity (Wildman–Crippen MR) is 131 cm³/mol. The summed E-state index contributed by atoms with van der Waals surface area (Å²) in [5.74, 6) is 2.65. The van der Waals surface area contributed by atoms with Gasteiger partial charge in [-0.1, -0.05) is 43.7 Å². The second kappa shape index (κ2) is 10.3. The lowest BCUT2D eigenvalue weighted by molar-refractivity contribution is 0.483. The van der Waals surface area contributed by atoms with Crippen molar-refractivity contribution in [1.29, 1.82) is 0 Å². The van der Waals surface area contributed by atoms with Crippen LogP contribution in [0.1, 0.15) is 25.3 Å². The van der Waals surface area contributed by atoms with Gasteiger partial charge in [-0.25, -0.2) is 9.97 Å². The molecule has 0 bridgehead atoms. The number of nitrogens with one attached hydrogen (secondary N) is 2. The van der Waals surface area contributed by atoms with Crippen LogP contribution in [-0.4, -0.2) is 9.97 Å². The summed E-state index contributed by atoms with van der Waals surface area (Å²) in [5, 5.41) is 6.53. The molecule has 0 spiro atoms. The molecule has 1 heterocycles. The Morgan fingerprint density at radius 1 is 0.750 bits per heavy atom. The van der Waals surface area contributed by atoms with E-state index >= 15 is 0 Å². The number of rotatable bonds is 9. The van der Waals surface area contributed by atoms with Crippen molar-refractivity contribution in [1.82, 2.24) is 9.97 Å². The van der Waals surface area contributed by atoms with Crippen LogP contribution in [0.4, 0.5) is 28.7 Å². The van der Waals surface area contributed by atoms with E-state index in [1.165, 1.54) is 24.7 Å². The zero-order chi connectivity index (χ0) is 22.2. The van der Waals surface area contributed by atoms with Gasteiger partial charge >= 0.3 is 0 Å². The van der Waals surface area contributed by atoms with Crippen LogP contribution < -0.4 is 21.1 Å². The molecule has 0 saturated carbocycles. The molecule has 0 amide bonds. The number of hydrogen-bond acceptors (Lipinski definition) is 6. The molecule has 4 rings (SSSR count). The van der Waals surface area contributed by atoms with Gasteiger partial charge in [-0.2, -0.15) is 0 Å². The Labute approximate surface area is 188 Å². The number of nitrogens with two attached hydrogens (primary N) is 1. The fourth-order valence-electron chi connectivity index (χ4n) is 3.23. The first-order valence-electron chi connectivity index (χ1n) is 10.8. The maximum atomic E-state index is 6.33. The molecule has 162 valence electrons. The highest BCUT2D eigenvalue weighted by molar-refractivity contribution is 5.80. The van der Waals surface area contributed by atoms with Crippen LogP contribution in [0.5, 0.6) is 11.5 Å². The molecule has 3 aromatic carbocycles. The van der Waals surface area contributed by atoms with Crippen molar-refractivity contribution in [3.63, 3.8) is 0 Å². The topological polar surface area (TPSA) is 85.1 Å². The van der Waals surface area contributed by atoms with Crippen molar-refractivity contribution in [2.45, 2.75) is 26.2 Å². The van der Waals surface area contributed by atoms with Crippen molar-refractivity contribution >= 4 is 28.7 Å². The lowest BCUT2D eigenvalue weighted by atomic mass is 10.1. The van der Waals surface area contributed by atoms with E-state index in [-0.39, 0.29) is 0 Å². The summed E-state index contributed by atoms with van der Waals surface area (Å²) in [6, 6.07) is 25.7. The largest absolute Gasteiger partial charge is 0.457 e. The monoisotopic (exact) mass is 425 g/mol. The van der Waals surface area contributed by atoms with Gasteiger partial charge in [0.1, 0.15) is 23.5 Å². The van der Waals surface area contributed by atoms with E-state index in [9.17, 15) is 0 Å². The molecule has 0 radical (unpaired) electrons. The molecular weight excluding hydrogens is 398 g/mol. The van der Waals surface area contributed by atoms with Crippen molar-refractivity contribution in [3.8, 4) is 11.5 Å². The fraction of sp³-hybridized carbons (Fsp3) is 0.154. The third kappa shape index (κ3) is 5.55. The Morgan fingerprint density at radius 2 is 1.31 bits per heavy atom. The number of aromatic nitrogens is 2. The van der Waals surface area contributed by atoms with Crippen molar-refractivity contribution in [2.75, 3.05) is 16.4 Å². The molecule has 32 heavy (non-hydrogen) atoms. The van der Waals surface area contributed by atoms with Crippen LogP contribution in [0.3, 0.4) is 0 Å². The molecule has 6 heteroatoms. The lowest BCUT2D eigenvalue weighted by Crippen LogP contribution is -2.05.